The van der Waals surface area contributed by atoms with Crippen LogP contribution in [0.3, 0.4) is 0 Å². The molecule has 5 N–H and O–H groups in total. The van der Waals surface area contributed by atoms with Crippen molar-refractivity contribution < 1.29 is 19.4 Å². The summed E-state index contributed by atoms with van der Waals surface area (Å²) in [5, 5.41) is 17.8. The lowest BCUT2D eigenvalue weighted by atomic mass is 10.0. The summed E-state index contributed by atoms with van der Waals surface area (Å²) < 4.78 is 5.64. The zero-order valence-electron chi connectivity index (χ0n) is 22.9. The minimum atomic E-state index is -0.595. The third-order valence-electron chi connectivity index (χ3n) is 6.45. The molecule has 2 aromatic rings. The van der Waals surface area contributed by atoms with Crippen LogP contribution in [0.15, 0.2) is 24.3 Å². The number of hydrogen-bond acceptors (Lipinski definition) is 5. The molecule has 37 heavy (non-hydrogen) atoms. The first-order valence-corrected chi connectivity index (χ1v) is 13.8. The van der Waals surface area contributed by atoms with Gasteiger partial charge in [-0.25, -0.2) is 10.2 Å². The molecule has 0 saturated carbocycles. The van der Waals surface area contributed by atoms with E-state index in [-0.39, 0.29) is 11.3 Å². The number of unbranched alkanes of at least 4 members (excludes halogenated alkanes) is 9. The maximum absolute atomic E-state index is 12.5. The van der Waals surface area contributed by atoms with Gasteiger partial charge in [0.05, 0.1) is 5.56 Å². The lowest BCUT2D eigenvalue weighted by molar-refractivity contribution is 0.0933. The molecule has 0 saturated heterocycles. The molecule has 2 rings (SSSR count). The van der Waals surface area contributed by atoms with Gasteiger partial charge in [0.15, 0.2) is 0 Å². The number of anilines is 1. The number of carbonyl (C=O) groups is 2. The molecule has 206 valence electrons. The van der Waals surface area contributed by atoms with Crippen molar-refractivity contribution in [3.8, 4) is 5.75 Å². The van der Waals surface area contributed by atoms with Crippen LogP contribution in [0.1, 0.15) is 93.5 Å². The average molecular weight is 515 g/mol. The number of hydrazine groups is 1. The zero-order chi connectivity index (χ0) is 26.9. The summed E-state index contributed by atoms with van der Waals surface area (Å²) in [6.45, 7) is 5.94. The Balaban J connectivity index is 1.55. The third-order valence-corrected chi connectivity index (χ3v) is 6.45. The van der Waals surface area contributed by atoms with E-state index in [1.54, 1.807) is 13.1 Å². The van der Waals surface area contributed by atoms with Crippen LogP contribution >= 0.6 is 0 Å². The molecule has 0 atom stereocenters. The highest BCUT2D eigenvalue weighted by Gasteiger charge is 2.16. The molecule has 2 aromatic carbocycles. The minimum Gasteiger partial charge on any atom is -0.506 e. The number of amides is 3. The van der Waals surface area contributed by atoms with Gasteiger partial charge in [-0.15, -0.1) is 0 Å². The Hall–Kier alpha value is -3.00. The van der Waals surface area contributed by atoms with Crippen LogP contribution in [0.25, 0.3) is 10.8 Å². The quantitative estimate of drug-likeness (QED) is 0.128. The number of carbonyl (C=O) groups excluding carboxylic acids is 2. The van der Waals surface area contributed by atoms with E-state index in [4.69, 9.17) is 4.74 Å². The SMILES string of the molecule is CCCCCCCCCCCCOCCCNC(=O)NNC(=O)c1ccc2c(NC)cc(C)cc2c1O. The fourth-order valence-electron chi connectivity index (χ4n) is 4.35. The number of ether oxygens (including phenoxy) is 1. The van der Waals surface area contributed by atoms with Crippen molar-refractivity contribution >= 4 is 28.4 Å². The summed E-state index contributed by atoms with van der Waals surface area (Å²) in [7, 11) is 1.80. The fraction of sp³-hybridized carbons (Fsp3) is 0.586. The third kappa shape index (κ3) is 10.9. The Morgan fingerprint density at radius 2 is 1.49 bits per heavy atom. The van der Waals surface area contributed by atoms with Gasteiger partial charge in [0.1, 0.15) is 5.75 Å². The molecule has 0 heterocycles. The monoisotopic (exact) mass is 514 g/mol. The van der Waals surface area contributed by atoms with Gasteiger partial charge >= 0.3 is 6.03 Å². The summed E-state index contributed by atoms with van der Waals surface area (Å²) in [6.07, 6.45) is 13.7. The number of aromatic hydroxyl groups is 1. The number of fused-ring (bicyclic) bond motifs is 1. The van der Waals surface area contributed by atoms with Crippen LogP contribution in [0.2, 0.25) is 0 Å². The highest BCUT2D eigenvalue weighted by atomic mass is 16.5. The van der Waals surface area contributed by atoms with Crippen LogP contribution in [0.4, 0.5) is 10.5 Å². The first-order chi connectivity index (χ1) is 18.0. The van der Waals surface area contributed by atoms with Crippen molar-refractivity contribution in [3.05, 3.63) is 35.4 Å². The predicted octanol–water partition coefficient (Wildman–Crippen LogP) is 6.17. The van der Waals surface area contributed by atoms with Crippen molar-refractivity contribution in [2.45, 2.75) is 84.5 Å². The lowest BCUT2D eigenvalue weighted by Gasteiger charge is -2.13. The van der Waals surface area contributed by atoms with Gasteiger partial charge < -0.3 is 20.5 Å². The highest BCUT2D eigenvalue weighted by Crippen LogP contribution is 2.34. The molecule has 0 aromatic heterocycles. The molecule has 3 amide bonds. The van der Waals surface area contributed by atoms with Crippen LogP contribution in [0.5, 0.6) is 5.75 Å². The Morgan fingerprint density at radius 1 is 0.838 bits per heavy atom. The maximum atomic E-state index is 12.5. The van der Waals surface area contributed by atoms with Crippen molar-refractivity contribution in [1.29, 1.82) is 0 Å². The number of rotatable bonds is 17. The normalized spacial score (nSPS) is 10.9. The van der Waals surface area contributed by atoms with E-state index in [9.17, 15) is 14.7 Å². The first kappa shape index (κ1) is 30.2. The molecule has 0 fully saturated rings. The number of aryl methyl sites for hydroxylation is 1. The average Bonchev–Trinajstić information content (AvgIpc) is 2.89. The van der Waals surface area contributed by atoms with Crippen LogP contribution in [0, 0.1) is 6.92 Å². The summed E-state index contributed by atoms with van der Waals surface area (Å²) >= 11 is 0. The first-order valence-electron chi connectivity index (χ1n) is 13.8. The van der Waals surface area contributed by atoms with Crippen LogP contribution < -0.4 is 21.5 Å². The number of hydrogen-bond donors (Lipinski definition) is 5. The Kier molecular flexibility index (Phi) is 14.3. The molecule has 0 spiro atoms. The lowest BCUT2D eigenvalue weighted by Crippen LogP contribution is -2.47. The standard InChI is InChI=1S/C29H46N4O4/c1-4-5-6-7-8-9-10-11-12-13-18-37-19-14-17-31-29(36)33-32-28(35)24-16-15-23-25(27(24)34)20-22(2)21-26(23)30-3/h15-16,20-21,30,34H,4-14,17-19H2,1-3H3,(H,32,35)(H2,31,33,36). The molecule has 0 radical (unpaired) electrons. The molecule has 0 aliphatic rings. The summed E-state index contributed by atoms with van der Waals surface area (Å²) in [5.41, 5.74) is 6.57. The molecule has 0 aliphatic carbocycles. The van der Waals surface area contributed by atoms with Crippen LogP contribution in [-0.2, 0) is 4.74 Å². The number of nitrogens with one attached hydrogen (secondary N) is 4. The molecular weight excluding hydrogens is 468 g/mol. The van der Waals surface area contributed by atoms with E-state index in [0.717, 1.165) is 29.7 Å². The highest BCUT2D eigenvalue weighted by molar-refractivity contribution is 6.07. The smallest absolute Gasteiger partial charge is 0.333 e. The van der Waals surface area contributed by atoms with E-state index in [2.05, 4.69) is 28.4 Å². The summed E-state index contributed by atoms with van der Waals surface area (Å²) in [5.74, 6) is -0.723. The fourth-order valence-corrected chi connectivity index (χ4v) is 4.35. The molecule has 8 nitrogen and oxygen atoms in total. The largest absolute Gasteiger partial charge is 0.506 e. The Labute approximate surface area is 221 Å². The number of urea groups is 1. The Morgan fingerprint density at radius 3 is 2.16 bits per heavy atom. The Bertz CT molecular complexity index is 980. The van der Waals surface area contributed by atoms with Gasteiger partial charge in [-0.05, 0) is 43.5 Å². The van der Waals surface area contributed by atoms with Crippen molar-refractivity contribution in [1.82, 2.24) is 16.2 Å². The second kappa shape index (κ2) is 17.5. The molecular formula is C29H46N4O4. The number of benzene rings is 2. The molecule has 0 unspecified atom stereocenters. The second-order valence-electron chi connectivity index (χ2n) is 9.60. The van der Waals surface area contributed by atoms with E-state index in [1.807, 2.05) is 19.1 Å². The van der Waals surface area contributed by atoms with E-state index in [1.165, 1.54) is 63.9 Å². The zero-order valence-corrected chi connectivity index (χ0v) is 22.9. The van der Waals surface area contributed by atoms with Gasteiger partial charge in [0.25, 0.3) is 5.91 Å². The maximum Gasteiger partial charge on any atom is 0.333 e. The van der Waals surface area contributed by atoms with Gasteiger partial charge in [-0.1, -0.05) is 70.8 Å². The van der Waals surface area contributed by atoms with Crippen molar-refractivity contribution in [2.24, 2.45) is 0 Å². The minimum absolute atomic E-state index is 0.0841. The van der Waals surface area contributed by atoms with Crippen molar-refractivity contribution in [2.75, 3.05) is 32.1 Å². The molecule has 8 heteroatoms. The van der Waals surface area contributed by atoms with Crippen molar-refractivity contribution in [3.63, 3.8) is 0 Å². The van der Waals surface area contributed by atoms with Gasteiger partial charge in [-0.3, -0.25) is 10.2 Å². The van der Waals surface area contributed by atoms with E-state index < -0.39 is 11.9 Å². The number of phenolic OH excluding ortho intramolecular Hbond substituents is 1. The van der Waals surface area contributed by atoms with E-state index in [0.29, 0.717) is 25.0 Å². The molecule has 0 bridgehead atoms. The van der Waals surface area contributed by atoms with E-state index >= 15 is 0 Å². The number of phenols is 1. The van der Waals surface area contributed by atoms with Gasteiger partial charge in [0.2, 0.25) is 0 Å². The summed E-state index contributed by atoms with van der Waals surface area (Å²) in [4.78, 5) is 24.5. The topological polar surface area (TPSA) is 112 Å². The second-order valence-corrected chi connectivity index (χ2v) is 9.60. The van der Waals surface area contributed by atoms with Gasteiger partial charge in [-0.2, -0.15) is 0 Å². The summed E-state index contributed by atoms with van der Waals surface area (Å²) in [6, 6.07) is 6.58. The molecule has 0 aliphatic heterocycles. The van der Waals surface area contributed by atoms with Gasteiger partial charge in [0, 0.05) is 43.3 Å². The predicted molar refractivity (Wildman–Crippen MR) is 151 cm³/mol. The van der Waals surface area contributed by atoms with Crippen LogP contribution in [-0.4, -0.2) is 43.9 Å².